The molecular weight excluding hydrogens is 488 g/mol. The van der Waals surface area contributed by atoms with Crippen LogP contribution < -0.4 is 5.76 Å². The Kier molecular flexibility index (Phi) is 6.80. The molecule has 2 aromatic carbocycles. The van der Waals surface area contributed by atoms with Gasteiger partial charge in [0.25, 0.3) is 0 Å². The minimum Gasteiger partial charge on any atom is -0.391 e. The highest BCUT2D eigenvalue weighted by Gasteiger charge is 2.61. The molecule has 1 N–H and O–H groups in total. The summed E-state index contributed by atoms with van der Waals surface area (Å²) in [4.78, 5) is 11.7. The maximum atomic E-state index is 15.7. The predicted molar refractivity (Wildman–Crippen MR) is 131 cm³/mol. The molecule has 0 bridgehead atoms. The highest BCUT2D eigenvalue weighted by atomic mass is 32.2. The monoisotopic (exact) mass is 517 g/mol. The van der Waals surface area contributed by atoms with Gasteiger partial charge in [0, 0.05) is 56.0 Å². The van der Waals surface area contributed by atoms with Gasteiger partial charge in [-0.1, -0.05) is 42.3 Å². The van der Waals surface area contributed by atoms with Crippen LogP contribution in [0.25, 0.3) is 0 Å². The number of hydrogen-bond acceptors (Lipinski definition) is 7. The number of aromatic nitrogens is 2. The van der Waals surface area contributed by atoms with Crippen LogP contribution in [-0.2, 0) is 21.4 Å². The summed E-state index contributed by atoms with van der Waals surface area (Å²) in [5.41, 5.74) is 0.367. The summed E-state index contributed by atoms with van der Waals surface area (Å²) in [5.74, 6) is -2.91. The molecule has 10 heteroatoms. The van der Waals surface area contributed by atoms with E-state index < -0.39 is 28.6 Å². The van der Waals surface area contributed by atoms with Gasteiger partial charge < -0.3 is 13.9 Å². The SMILES string of the molecule is COC1(OC)CC(c2n[nH]c(=O)o2)(c2cc(F)c(CN3SC(c4ccccc4)CC[C@@H]3C)cc2F)C1. The first kappa shape index (κ1) is 25.1. The Hall–Kier alpha value is -2.53. The number of rotatable bonds is 7. The van der Waals surface area contributed by atoms with Crippen molar-refractivity contribution in [2.24, 2.45) is 0 Å². The molecule has 1 saturated carbocycles. The van der Waals surface area contributed by atoms with Gasteiger partial charge in [0.05, 0.1) is 5.41 Å². The molecule has 7 nitrogen and oxygen atoms in total. The summed E-state index contributed by atoms with van der Waals surface area (Å²) < 4.78 is 49.5. The summed E-state index contributed by atoms with van der Waals surface area (Å²) in [6.07, 6.45) is 2.23. The summed E-state index contributed by atoms with van der Waals surface area (Å²) in [5, 5.41) is 6.43. The maximum Gasteiger partial charge on any atom is 0.434 e. The number of aromatic amines is 1. The fourth-order valence-electron chi connectivity index (χ4n) is 5.32. The Morgan fingerprint density at radius 3 is 2.50 bits per heavy atom. The van der Waals surface area contributed by atoms with Crippen molar-refractivity contribution in [2.75, 3.05) is 14.2 Å². The van der Waals surface area contributed by atoms with Gasteiger partial charge in [-0.3, -0.25) is 0 Å². The molecule has 1 aromatic heterocycles. The first-order chi connectivity index (χ1) is 17.3. The molecule has 2 aliphatic rings. The van der Waals surface area contributed by atoms with Crippen molar-refractivity contribution in [3.05, 3.63) is 87.2 Å². The minimum atomic E-state index is -1.19. The molecule has 1 saturated heterocycles. The van der Waals surface area contributed by atoms with E-state index in [1.807, 2.05) is 18.2 Å². The number of methoxy groups -OCH3 is 2. The smallest absolute Gasteiger partial charge is 0.391 e. The van der Waals surface area contributed by atoms with E-state index in [-0.39, 0.29) is 47.7 Å². The summed E-state index contributed by atoms with van der Waals surface area (Å²) in [6.45, 7) is 2.37. The number of nitrogens with zero attached hydrogens (tertiary/aromatic N) is 2. The predicted octanol–water partition coefficient (Wildman–Crippen LogP) is 5.08. The largest absolute Gasteiger partial charge is 0.434 e. The van der Waals surface area contributed by atoms with Crippen LogP contribution >= 0.6 is 11.9 Å². The van der Waals surface area contributed by atoms with Gasteiger partial charge in [-0.25, -0.2) is 23.0 Å². The summed E-state index contributed by atoms with van der Waals surface area (Å²) in [7, 11) is 2.96. The zero-order valence-corrected chi connectivity index (χ0v) is 21.2. The fourth-order valence-corrected chi connectivity index (χ4v) is 6.69. The molecule has 36 heavy (non-hydrogen) atoms. The van der Waals surface area contributed by atoms with Crippen LogP contribution in [0.15, 0.2) is 51.7 Å². The number of hydrogen-bond donors (Lipinski definition) is 1. The standard InChI is InChI=1S/C26H29F2N3O4S/c1-16-9-10-22(17-7-5-4-6-8-17)36-31(16)13-18-11-21(28)19(12-20(18)27)25(23-29-30-24(32)35-23)14-26(15-25,33-2)34-3/h4-8,11-12,16,22H,9-10,13-15H2,1-3H3,(H,30,32)/t16-,22?/m0/s1. The van der Waals surface area contributed by atoms with Gasteiger partial charge >= 0.3 is 5.76 Å². The topological polar surface area (TPSA) is 80.6 Å². The van der Waals surface area contributed by atoms with Crippen molar-refractivity contribution in [2.45, 2.75) is 61.6 Å². The Bertz CT molecular complexity index is 1270. The molecule has 192 valence electrons. The normalized spacial score (nSPS) is 23.4. The quantitative estimate of drug-likeness (QED) is 0.346. The Balaban J connectivity index is 1.43. The van der Waals surface area contributed by atoms with Crippen molar-refractivity contribution in [1.29, 1.82) is 0 Å². The number of nitrogens with one attached hydrogen (secondary N) is 1. The second-order valence-electron chi connectivity index (χ2n) is 9.60. The van der Waals surface area contributed by atoms with Crippen LogP contribution in [0.3, 0.4) is 0 Å². The Labute approximate surface area is 212 Å². The van der Waals surface area contributed by atoms with E-state index in [1.54, 1.807) is 11.9 Å². The van der Waals surface area contributed by atoms with E-state index in [0.29, 0.717) is 0 Å². The molecule has 0 amide bonds. The van der Waals surface area contributed by atoms with E-state index >= 15 is 8.78 Å². The third kappa shape index (κ3) is 4.40. The van der Waals surface area contributed by atoms with Crippen molar-refractivity contribution in [3.8, 4) is 0 Å². The van der Waals surface area contributed by atoms with Crippen LogP contribution in [0.4, 0.5) is 8.78 Å². The first-order valence-electron chi connectivity index (χ1n) is 11.9. The van der Waals surface area contributed by atoms with Gasteiger partial charge in [-0.05, 0) is 37.5 Å². The van der Waals surface area contributed by atoms with Gasteiger partial charge in [0.1, 0.15) is 11.6 Å². The average molecular weight is 518 g/mol. The van der Waals surface area contributed by atoms with Gasteiger partial charge in [-0.2, -0.15) is 0 Å². The molecule has 0 radical (unpaired) electrons. The lowest BCUT2D eigenvalue weighted by atomic mass is 9.60. The molecular formula is C26H29F2N3O4S. The molecule has 5 rings (SSSR count). The van der Waals surface area contributed by atoms with Crippen LogP contribution in [0, 0.1) is 11.6 Å². The Morgan fingerprint density at radius 1 is 1.14 bits per heavy atom. The molecule has 2 fully saturated rings. The maximum absolute atomic E-state index is 15.7. The third-order valence-electron chi connectivity index (χ3n) is 7.48. The van der Waals surface area contributed by atoms with Crippen LogP contribution in [0.2, 0.25) is 0 Å². The van der Waals surface area contributed by atoms with Crippen LogP contribution in [0.5, 0.6) is 0 Å². The van der Waals surface area contributed by atoms with E-state index in [9.17, 15) is 4.79 Å². The lowest BCUT2D eigenvalue weighted by Crippen LogP contribution is -2.58. The molecule has 1 aliphatic heterocycles. The minimum absolute atomic E-state index is 0.0193. The zero-order chi connectivity index (χ0) is 25.5. The molecule has 1 unspecified atom stereocenters. The Morgan fingerprint density at radius 2 is 1.86 bits per heavy atom. The highest BCUT2D eigenvalue weighted by molar-refractivity contribution is 7.97. The van der Waals surface area contributed by atoms with E-state index in [0.717, 1.165) is 12.8 Å². The molecule has 3 aromatic rings. The number of H-pyrrole nitrogens is 1. The second-order valence-corrected chi connectivity index (χ2v) is 10.9. The molecule has 0 spiro atoms. The summed E-state index contributed by atoms with van der Waals surface area (Å²) >= 11 is 1.68. The molecule has 2 atom stereocenters. The van der Waals surface area contributed by atoms with Gasteiger partial charge in [-0.15, -0.1) is 5.10 Å². The lowest BCUT2D eigenvalue weighted by molar-refractivity contribution is -0.275. The first-order valence-corrected chi connectivity index (χ1v) is 12.8. The van der Waals surface area contributed by atoms with E-state index in [4.69, 9.17) is 13.9 Å². The highest BCUT2D eigenvalue weighted by Crippen LogP contribution is 2.56. The number of benzene rings is 2. The average Bonchev–Trinajstić information content (AvgIpc) is 3.30. The second kappa shape index (κ2) is 9.74. The van der Waals surface area contributed by atoms with Crippen molar-refractivity contribution < 1.29 is 22.7 Å². The van der Waals surface area contributed by atoms with Crippen molar-refractivity contribution in [3.63, 3.8) is 0 Å². The lowest BCUT2D eigenvalue weighted by Gasteiger charge is -2.52. The van der Waals surface area contributed by atoms with Crippen molar-refractivity contribution >= 4 is 11.9 Å². The van der Waals surface area contributed by atoms with Gasteiger partial charge in [0.2, 0.25) is 5.89 Å². The van der Waals surface area contributed by atoms with Crippen molar-refractivity contribution in [1.82, 2.24) is 14.5 Å². The molecule has 1 aliphatic carbocycles. The fraction of sp³-hybridized carbons (Fsp3) is 0.462. The van der Waals surface area contributed by atoms with E-state index in [1.165, 1.54) is 31.9 Å². The van der Waals surface area contributed by atoms with Crippen LogP contribution in [0.1, 0.15) is 60.4 Å². The number of halogens is 2. The molecule has 2 heterocycles. The van der Waals surface area contributed by atoms with E-state index in [2.05, 4.69) is 33.6 Å². The summed E-state index contributed by atoms with van der Waals surface area (Å²) in [6, 6.07) is 12.9. The zero-order valence-electron chi connectivity index (χ0n) is 20.4. The number of ether oxygens (including phenoxy) is 2. The third-order valence-corrected chi connectivity index (χ3v) is 9.01. The van der Waals surface area contributed by atoms with Crippen LogP contribution in [-0.4, -0.2) is 40.6 Å². The van der Waals surface area contributed by atoms with Gasteiger partial charge in [0.15, 0.2) is 5.79 Å².